The molecular formula is C20H19N5O2. The van der Waals surface area contributed by atoms with Gasteiger partial charge >= 0.3 is 0 Å². The summed E-state index contributed by atoms with van der Waals surface area (Å²) in [4.78, 5) is 8.67. The van der Waals surface area contributed by atoms with Gasteiger partial charge in [0.1, 0.15) is 5.82 Å². The molecule has 3 aromatic rings. The van der Waals surface area contributed by atoms with Gasteiger partial charge in [0.25, 0.3) is 0 Å². The van der Waals surface area contributed by atoms with Crippen LogP contribution >= 0.6 is 0 Å². The average molecular weight is 361 g/mol. The normalized spacial score (nSPS) is 9.96. The van der Waals surface area contributed by atoms with Gasteiger partial charge in [-0.15, -0.1) is 0 Å². The monoisotopic (exact) mass is 361 g/mol. The molecule has 0 atom stereocenters. The van der Waals surface area contributed by atoms with Crippen molar-refractivity contribution < 1.29 is 9.47 Å². The van der Waals surface area contributed by atoms with Crippen LogP contribution < -0.4 is 20.1 Å². The first-order valence-corrected chi connectivity index (χ1v) is 8.27. The van der Waals surface area contributed by atoms with Gasteiger partial charge < -0.3 is 20.1 Å². The van der Waals surface area contributed by atoms with Gasteiger partial charge in [-0.05, 0) is 48.0 Å². The molecule has 0 radical (unpaired) electrons. The number of hydrogen-bond donors (Lipinski definition) is 2. The van der Waals surface area contributed by atoms with Crippen molar-refractivity contribution in [3.8, 4) is 17.6 Å². The summed E-state index contributed by atoms with van der Waals surface area (Å²) >= 11 is 0. The van der Waals surface area contributed by atoms with Crippen LogP contribution in [0.3, 0.4) is 0 Å². The minimum absolute atomic E-state index is 0.469. The van der Waals surface area contributed by atoms with Crippen LogP contribution in [0, 0.1) is 11.3 Å². The Hall–Kier alpha value is -3.79. The molecule has 0 amide bonds. The summed E-state index contributed by atoms with van der Waals surface area (Å²) in [5, 5.41) is 15.2. The van der Waals surface area contributed by atoms with Gasteiger partial charge in [-0.1, -0.05) is 6.07 Å². The zero-order chi connectivity index (χ0) is 19.1. The van der Waals surface area contributed by atoms with E-state index in [0.717, 1.165) is 11.3 Å². The van der Waals surface area contributed by atoms with E-state index >= 15 is 0 Å². The van der Waals surface area contributed by atoms with E-state index in [1.807, 2.05) is 30.3 Å². The Morgan fingerprint density at radius 2 is 1.78 bits per heavy atom. The molecule has 0 aliphatic rings. The number of rotatable bonds is 7. The summed E-state index contributed by atoms with van der Waals surface area (Å²) in [7, 11) is 3.22. The first-order valence-electron chi connectivity index (χ1n) is 8.27. The number of nitrogens with zero attached hydrogens (tertiary/aromatic N) is 3. The highest BCUT2D eigenvalue weighted by Crippen LogP contribution is 2.27. The van der Waals surface area contributed by atoms with Crippen LogP contribution in [-0.4, -0.2) is 24.2 Å². The molecular weight excluding hydrogens is 342 g/mol. The molecule has 3 rings (SSSR count). The third kappa shape index (κ3) is 4.64. The number of ether oxygens (including phenoxy) is 2. The largest absolute Gasteiger partial charge is 0.493 e. The molecule has 7 heteroatoms. The van der Waals surface area contributed by atoms with E-state index in [0.29, 0.717) is 35.4 Å². The van der Waals surface area contributed by atoms with Gasteiger partial charge in [0.05, 0.1) is 25.9 Å². The van der Waals surface area contributed by atoms with Crippen molar-refractivity contribution in [3.05, 3.63) is 65.9 Å². The zero-order valence-electron chi connectivity index (χ0n) is 15.1. The molecule has 0 bridgehead atoms. The van der Waals surface area contributed by atoms with Crippen molar-refractivity contribution in [3.63, 3.8) is 0 Å². The molecule has 2 aromatic carbocycles. The van der Waals surface area contributed by atoms with E-state index in [9.17, 15) is 0 Å². The van der Waals surface area contributed by atoms with Crippen molar-refractivity contribution in [2.75, 3.05) is 24.9 Å². The van der Waals surface area contributed by atoms with Crippen molar-refractivity contribution in [2.24, 2.45) is 0 Å². The number of hydrogen-bond acceptors (Lipinski definition) is 7. The van der Waals surface area contributed by atoms with E-state index < -0.39 is 0 Å². The zero-order valence-corrected chi connectivity index (χ0v) is 15.1. The van der Waals surface area contributed by atoms with E-state index in [-0.39, 0.29) is 0 Å². The number of benzene rings is 2. The van der Waals surface area contributed by atoms with Crippen molar-refractivity contribution in [1.29, 1.82) is 5.26 Å². The Morgan fingerprint density at radius 1 is 1.00 bits per heavy atom. The SMILES string of the molecule is COc1ccc(CNc2ccnc(Nc3ccc(C#N)cc3)n2)cc1OC. The molecule has 0 saturated heterocycles. The number of aromatic nitrogens is 2. The molecule has 27 heavy (non-hydrogen) atoms. The van der Waals surface area contributed by atoms with E-state index in [4.69, 9.17) is 14.7 Å². The minimum atomic E-state index is 0.469. The van der Waals surface area contributed by atoms with E-state index in [2.05, 4.69) is 26.7 Å². The lowest BCUT2D eigenvalue weighted by atomic mass is 10.2. The third-order valence-electron chi connectivity index (χ3n) is 3.85. The highest BCUT2D eigenvalue weighted by molar-refractivity contribution is 5.56. The molecule has 0 aliphatic heterocycles. The predicted molar refractivity (Wildman–Crippen MR) is 103 cm³/mol. The maximum Gasteiger partial charge on any atom is 0.229 e. The van der Waals surface area contributed by atoms with E-state index in [1.54, 1.807) is 38.6 Å². The molecule has 0 saturated carbocycles. The first-order chi connectivity index (χ1) is 13.2. The van der Waals surface area contributed by atoms with Gasteiger partial charge in [-0.25, -0.2) is 4.98 Å². The van der Waals surface area contributed by atoms with Gasteiger partial charge in [0, 0.05) is 18.4 Å². The second-order valence-electron chi connectivity index (χ2n) is 5.62. The fourth-order valence-corrected chi connectivity index (χ4v) is 2.46. The molecule has 7 nitrogen and oxygen atoms in total. The smallest absolute Gasteiger partial charge is 0.229 e. The predicted octanol–water partition coefficient (Wildman–Crippen LogP) is 3.72. The molecule has 0 fully saturated rings. The average Bonchev–Trinajstić information content (AvgIpc) is 2.73. The van der Waals surface area contributed by atoms with Crippen molar-refractivity contribution in [1.82, 2.24) is 9.97 Å². The second-order valence-corrected chi connectivity index (χ2v) is 5.62. The highest BCUT2D eigenvalue weighted by atomic mass is 16.5. The Bertz CT molecular complexity index is 951. The van der Waals surface area contributed by atoms with Crippen LogP contribution in [0.2, 0.25) is 0 Å². The van der Waals surface area contributed by atoms with Gasteiger partial charge in [0.2, 0.25) is 5.95 Å². The quantitative estimate of drug-likeness (QED) is 0.662. The summed E-state index contributed by atoms with van der Waals surface area (Å²) in [6.07, 6.45) is 1.68. The van der Waals surface area contributed by atoms with Gasteiger partial charge in [-0.2, -0.15) is 10.2 Å². The third-order valence-corrected chi connectivity index (χ3v) is 3.85. The number of methoxy groups -OCH3 is 2. The summed E-state index contributed by atoms with van der Waals surface area (Å²) in [6, 6.07) is 16.7. The second kappa shape index (κ2) is 8.54. The molecule has 1 aromatic heterocycles. The Kier molecular flexibility index (Phi) is 5.70. The first kappa shape index (κ1) is 18.0. The fourth-order valence-electron chi connectivity index (χ4n) is 2.46. The van der Waals surface area contributed by atoms with Crippen LogP contribution in [0.25, 0.3) is 0 Å². The topological polar surface area (TPSA) is 92.1 Å². The molecule has 1 heterocycles. The number of nitrogens with one attached hydrogen (secondary N) is 2. The van der Waals surface area contributed by atoms with Gasteiger partial charge in [0.15, 0.2) is 11.5 Å². The van der Waals surface area contributed by atoms with E-state index in [1.165, 1.54) is 0 Å². The summed E-state index contributed by atoms with van der Waals surface area (Å²) in [5.74, 6) is 2.53. The molecule has 2 N–H and O–H groups in total. The lowest BCUT2D eigenvalue weighted by Crippen LogP contribution is -2.04. The lowest BCUT2D eigenvalue weighted by Gasteiger charge is -2.11. The van der Waals surface area contributed by atoms with Crippen LogP contribution in [0.1, 0.15) is 11.1 Å². The van der Waals surface area contributed by atoms with Crippen molar-refractivity contribution in [2.45, 2.75) is 6.54 Å². The van der Waals surface area contributed by atoms with Crippen LogP contribution in [0.15, 0.2) is 54.7 Å². The van der Waals surface area contributed by atoms with Crippen LogP contribution in [0.5, 0.6) is 11.5 Å². The van der Waals surface area contributed by atoms with Gasteiger partial charge in [-0.3, -0.25) is 0 Å². The van der Waals surface area contributed by atoms with Crippen LogP contribution in [-0.2, 0) is 6.54 Å². The number of nitriles is 1. The molecule has 0 spiro atoms. The maximum absolute atomic E-state index is 8.85. The van der Waals surface area contributed by atoms with Crippen molar-refractivity contribution >= 4 is 17.5 Å². The maximum atomic E-state index is 8.85. The standard InChI is InChI=1S/C20H19N5O2/c1-26-17-8-5-15(11-18(17)27-2)13-23-19-9-10-22-20(25-19)24-16-6-3-14(12-21)4-7-16/h3-11H,13H2,1-2H3,(H2,22,23,24,25). The Labute approximate surface area is 157 Å². The fraction of sp³-hybridized carbons (Fsp3) is 0.150. The van der Waals surface area contributed by atoms with Crippen LogP contribution in [0.4, 0.5) is 17.5 Å². The molecule has 0 aliphatic carbocycles. The number of anilines is 3. The highest BCUT2D eigenvalue weighted by Gasteiger charge is 2.05. The Morgan fingerprint density at radius 3 is 2.48 bits per heavy atom. The molecule has 0 unspecified atom stereocenters. The summed E-state index contributed by atoms with van der Waals surface area (Å²) in [5.41, 5.74) is 2.45. The minimum Gasteiger partial charge on any atom is -0.493 e. The molecule has 136 valence electrons. The lowest BCUT2D eigenvalue weighted by molar-refractivity contribution is 0.354. The summed E-state index contributed by atoms with van der Waals surface area (Å²) < 4.78 is 10.6. The Balaban J connectivity index is 1.66. The summed E-state index contributed by atoms with van der Waals surface area (Å²) in [6.45, 7) is 0.577.